The predicted molar refractivity (Wildman–Crippen MR) is 99.4 cm³/mol. The van der Waals surface area contributed by atoms with Gasteiger partial charge in [-0.3, -0.25) is 4.79 Å². The van der Waals surface area contributed by atoms with E-state index < -0.39 is 0 Å². The highest BCUT2D eigenvalue weighted by molar-refractivity contribution is 5.99. The Balaban J connectivity index is 1.75. The van der Waals surface area contributed by atoms with Gasteiger partial charge in [0.25, 0.3) is 5.91 Å². The van der Waals surface area contributed by atoms with Crippen molar-refractivity contribution in [2.45, 2.75) is 13.5 Å². The molecule has 1 heterocycles. The number of hydrogen-bond donors (Lipinski definition) is 1. The Bertz CT molecular complexity index is 895. The van der Waals surface area contributed by atoms with E-state index >= 15 is 0 Å². The number of rotatable bonds is 5. The molecule has 3 rings (SSSR count). The van der Waals surface area contributed by atoms with Crippen molar-refractivity contribution in [2.75, 3.05) is 26.1 Å². The normalized spacial score (nSPS) is 10.7. The zero-order chi connectivity index (χ0) is 18.0. The molecule has 0 radical (unpaired) electrons. The van der Waals surface area contributed by atoms with Crippen LogP contribution in [0.4, 0.5) is 5.69 Å². The predicted octanol–water partition coefficient (Wildman–Crippen LogP) is 3.75. The molecule has 130 valence electrons. The third-order valence-corrected chi connectivity index (χ3v) is 4.26. The quantitative estimate of drug-likeness (QED) is 0.770. The van der Waals surface area contributed by atoms with Crippen LogP contribution in [0, 0.1) is 6.92 Å². The number of methoxy groups -OCH3 is 1. The number of carbonyl (C=O) groups is 1. The van der Waals surface area contributed by atoms with Crippen molar-refractivity contribution in [3.8, 4) is 5.75 Å². The maximum atomic E-state index is 12.5. The molecule has 2 aromatic carbocycles. The molecule has 1 aromatic heterocycles. The minimum atomic E-state index is -0.218. The van der Waals surface area contributed by atoms with E-state index in [1.54, 1.807) is 7.11 Å². The largest absolute Gasteiger partial charge is 0.497 e. The van der Waals surface area contributed by atoms with Crippen LogP contribution in [0.2, 0.25) is 0 Å². The number of anilines is 1. The van der Waals surface area contributed by atoms with Crippen LogP contribution < -0.4 is 15.0 Å². The van der Waals surface area contributed by atoms with Crippen LogP contribution in [-0.4, -0.2) is 27.1 Å². The van der Waals surface area contributed by atoms with Gasteiger partial charge in [-0.05, 0) is 42.8 Å². The number of hydrogen-bond acceptors (Lipinski definition) is 4. The maximum absolute atomic E-state index is 12.5. The van der Waals surface area contributed by atoms with Gasteiger partial charge in [-0.25, -0.2) is 0 Å². The highest BCUT2D eigenvalue weighted by atomic mass is 16.5. The molecule has 0 saturated heterocycles. The fourth-order valence-corrected chi connectivity index (χ4v) is 2.72. The highest BCUT2D eigenvalue weighted by Gasteiger charge is 2.17. The first kappa shape index (κ1) is 16.9. The van der Waals surface area contributed by atoms with Crippen LogP contribution in [0.15, 0.2) is 46.9 Å². The van der Waals surface area contributed by atoms with Crippen molar-refractivity contribution in [2.24, 2.45) is 0 Å². The SMILES string of the molecule is COc1ccc2oc(C(=O)NCc3ccc(N(C)C)cc3)c(C)c2c1. The molecule has 0 saturated carbocycles. The lowest BCUT2D eigenvalue weighted by atomic mass is 10.1. The van der Waals surface area contributed by atoms with E-state index in [2.05, 4.69) is 5.32 Å². The van der Waals surface area contributed by atoms with Crippen LogP contribution in [0.1, 0.15) is 21.7 Å². The van der Waals surface area contributed by atoms with Crippen LogP contribution in [-0.2, 0) is 6.54 Å². The third-order valence-electron chi connectivity index (χ3n) is 4.26. The molecule has 0 atom stereocenters. The van der Waals surface area contributed by atoms with Gasteiger partial charge in [0, 0.05) is 37.3 Å². The van der Waals surface area contributed by atoms with Crippen molar-refractivity contribution in [1.29, 1.82) is 0 Å². The van der Waals surface area contributed by atoms with Gasteiger partial charge in [-0.1, -0.05) is 12.1 Å². The van der Waals surface area contributed by atoms with Crippen LogP contribution in [0.3, 0.4) is 0 Å². The summed E-state index contributed by atoms with van der Waals surface area (Å²) >= 11 is 0. The van der Waals surface area contributed by atoms with Gasteiger partial charge in [0.1, 0.15) is 11.3 Å². The lowest BCUT2D eigenvalue weighted by Gasteiger charge is -2.12. The average Bonchev–Trinajstić information content (AvgIpc) is 2.96. The molecule has 0 aliphatic heterocycles. The summed E-state index contributed by atoms with van der Waals surface area (Å²) in [4.78, 5) is 14.5. The van der Waals surface area contributed by atoms with Crippen LogP contribution in [0.5, 0.6) is 5.75 Å². The minimum Gasteiger partial charge on any atom is -0.497 e. The van der Waals surface area contributed by atoms with Gasteiger partial charge >= 0.3 is 0 Å². The highest BCUT2D eigenvalue weighted by Crippen LogP contribution is 2.28. The number of ether oxygens (including phenoxy) is 1. The monoisotopic (exact) mass is 338 g/mol. The number of nitrogens with one attached hydrogen (secondary N) is 1. The lowest BCUT2D eigenvalue weighted by molar-refractivity contribution is 0.0924. The number of aryl methyl sites for hydroxylation is 1. The molecule has 0 unspecified atom stereocenters. The van der Waals surface area contributed by atoms with Crippen LogP contribution in [0.25, 0.3) is 11.0 Å². The minimum absolute atomic E-state index is 0.218. The molecular weight excluding hydrogens is 316 g/mol. The van der Waals surface area contributed by atoms with Crippen molar-refractivity contribution in [3.05, 3.63) is 59.4 Å². The van der Waals surface area contributed by atoms with Gasteiger partial charge in [0.05, 0.1) is 7.11 Å². The average molecular weight is 338 g/mol. The molecule has 5 heteroatoms. The fraction of sp³-hybridized carbons (Fsp3) is 0.250. The summed E-state index contributed by atoms with van der Waals surface area (Å²) in [6.07, 6.45) is 0. The van der Waals surface area contributed by atoms with Crippen molar-refractivity contribution in [1.82, 2.24) is 5.32 Å². The summed E-state index contributed by atoms with van der Waals surface area (Å²) < 4.78 is 11.0. The number of nitrogens with zero attached hydrogens (tertiary/aromatic N) is 1. The second-order valence-electron chi connectivity index (χ2n) is 6.16. The Hall–Kier alpha value is -2.95. The summed E-state index contributed by atoms with van der Waals surface area (Å²) in [7, 11) is 5.61. The number of benzene rings is 2. The van der Waals surface area contributed by atoms with Gasteiger partial charge in [-0.2, -0.15) is 0 Å². The Morgan fingerprint density at radius 2 is 1.88 bits per heavy atom. The van der Waals surface area contributed by atoms with E-state index in [0.29, 0.717) is 17.9 Å². The Kier molecular flexibility index (Phi) is 4.65. The third kappa shape index (κ3) is 3.45. The zero-order valence-corrected chi connectivity index (χ0v) is 14.9. The summed E-state index contributed by atoms with van der Waals surface area (Å²) in [5, 5.41) is 3.81. The fourth-order valence-electron chi connectivity index (χ4n) is 2.72. The topological polar surface area (TPSA) is 54.7 Å². The molecule has 5 nitrogen and oxygen atoms in total. The van der Waals surface area contributed by atoms with Crippen LogP contribution >= 0.6 is 0 Å². The molecule has 0 spiro atoms. The molecule has 25 heavy (non-hydrogen) atoms. The summed E-state index contributed by atoms with van der Waals surface area (Å²) in [6.45, 7) is 2.33. The Labute approximate surface area is 147 Å². The summed E-state index contributed by atoms with van der Waals surface area (Å²) in [5.74, 6) is 0.863. The molecule has 0 fully saturated rings. The van der Waals surface area contributed by atoms with Crippen molar-refractivity contribution in [3.63, 3.8) is 0 Å². The molecule has 0 aliphatic carbocycles. The smallest absolute Gasteiger partial charge is 0.287 e. The molecule has 0 bridgehead atoms. The van der Waals surface area contributed by atoms with E-state index in [1.807, 2.05) is 68.4 Å². The number of fused-ring (bicyclic) bond motifs is 1. The molecule has 0 aliphatic rings. The zero-order valence-electron chi connectivity index (χ0n) is 14.9. The van der Waals surface area contributed by atoms with Gasteiger partial charge in [0.15, 0.2) is 5.76 Å². The Morgan fingerprint density at radius 3 is 2.52 bits per heavy atom. The van der Waals surface area contributed by atoms with Gasteiger partial charge < -0.3 is 19.4 Å². The summed E-state index contributed by atoms with van der Waals surface area (Å²) in [6, 6.07) is 13.6. The van der Waals surface area contributed by atoms with E-state index in [0.717, 1.165) is 28.0 Å². The van der Waals surface area contributed by atoms with Gasteiger partial charge in [0.2, 0.25) is 0 Å². The molecule has 3 aromatic rings. The first-order valence-electron chi connectivity index (χ1n) is 8.11. The maximum Gasteiger partial charge on any atom is 0.287 e. The number of amides is 1. The van der Waals surface area contributed by atoms with Crippen molar-refractivity contribution < 1.29 is 13.9 Å². The van der Waals surface area contributed by atoms with E-state index in [9.17, 15) is 4.79 Å². The van der Waals surface area contributed by atoms with E-state index in [-0.39, 0.29) is 5.91 Å². The van der Waals surface area contributed by atoms with Crippen molar-refractivity contribution >= 4 is 22.6 Å². The Morgan fingerprint density at radius 1 is 1.16 bits per heavy atom. The second kappa shape index (κ2) is 6.89. The van der Waals surface area contributed by atoms with E-state index in [1.165, 1.54) is 0 Å². The second-order valence-corrected chi connectivity index (χ2v) is 6.16. The lowest BCUT2D eigenvalue weighted by Crippen LogP contribution is -2.23. The van der Waals surface area contributed by atoms with Gasteiger partial charge in [-0.15, -0.1) is 0 Å². The first-order valence-corrected chi connectivity index (χ1v) is 8.11. The van der Waals surface area contributed by atoms with E-state index in [4.69, 9.17) is 9.15 Å². The standard InChI is InChI=1S/C20H22N2O3/c1-13-17-11-16(24-4)9-10-18(17)25-19(13)20(23)21-12-14-5-7-15(8-6-14)22(2)3/h5-11H,12H2,1-4H3,(H,21,23). The molecule has 1 N–H and O–H groups in total. The molecular formula is C20H22N2O3. The summed E-state index contributed by atoms with van der Waals surface area (Å²) in [5.41, 5.74) is 3.65. The number of carbonyl (C=O) groups excluding carboxylic acids is 1. The first-order chi connectivity index (χ1) is 12.0. The molecule has 1 amide bonds. The number of furan rings is 1.